The molecule has 0 bridgehead atoms. The minimum Gasteiger partial charge on any atom is -0.469 e. The lowest BCUT2D eigenvalue weighted by atomic mass is 9.93. The Hall–Kier alpha value is -3.15. The summed E-state index contributed by atoms with van der Waals surface area (Å²) >= 11 is 0. The predicted molar refractivity (Wildman–Crippen MR) is 103 cm³/mol. The Labute approximate surface area is 164 Å². The molecule has 0 radical (unpaired) electrons. The number of methoxy groups -OCH3 is 1. The number of carbonyl (C=O) groups excluding carboxylic acids is 3. The van der Waals surface area contributed by atoms with Crippen LogP contribution in [0.15, 0.2) is 48.5 Å². The molecule has 1 aliphatic rings. The quantitative estimate of drug-likeness (QED) is 0.719. The summed E-state index contributed by atoms with van der Waals surface area (Å²) in [6, 6.07) is 14.6. The van der Waals surface area contributed by atoms with Crippen molar-refractivity contribution in [3.63, 3.8) is 0 Å². The van der Waals surface area contributed by atoms with Gasteiger partial charge in [0, 0.05) is 32.0 Å². The summed E-state index contributed by atoms with van der Waals surface area (Å²) in [5.74, 6) is -0.816. The fourth-order valence-electron chi connectivity index (χ4n) is 3.27. The van der Waals surface area contributed by atoms with E-state index in [1.165, 1.54) is 7.11 Å². The number of ether oxygens (including phenoxy) is 2. The number of nitrogens with zero attached hydrogens (tertiary/aromatic N) is 1. The number of benzene rings is 2. The number of hydrogen-bond donors (Lipinski definition) is 0. The van der Waals surface area contributed by atoms with Gasteiger partial charge in [0.25, 0.3) is 5.91 Å². The molecule has 6 nitrogen and oxygen atoms in total. The highest BCUT2D eigenvalue weighted by Crippen LogP contribution is 2.31. The Kier molecular flexibility index (Phi) is 6.09. The molecule has 0 spiro atoms. The van der Waals surface area contributed by atoms with E-state index in [1.54, 1.807) is 30.1 Å². The first kappa shape index (κ1) is 19.6. The van der Waals surface area contributed by atoms with Crippen LogP contribution in [0.25, 0.3) is 0 Å². The van der Waals surface area contributed by atoms with Crippen molar-refractivity contribution in [1.29, 1.82) is 0 Å². The molecular weight excluding hydrogens is 358 g/mol. The fraction of sp³-hybridized carbons (Fsp3) is 0.318. The first-order valence-electron chi connectivity index (χ1n) is 9.20. The highest BCUT2D eigenvalue weighted by atomic mass is 16.5. The monoisotopic (exact) mass is 381 g/mol. The molecule has 0 N–H and O–H groups in total. The van der Waals surface area contributed by atoms with E-state index >= 15 is 0 Å². The molecule has 1 unspecified atom stereocenters. The predicted octanol–water partition coefficient (Wildman–Crippen LogP) is 3.17. The second-order valence-corrected chi connectivity index (χ2v) is 6.79. The van der Waals surface area contributed by atoms with Crippen LogP contribution in [0.1, 0.15) is 50.8 Å². The molecule has 1 atom stereocenters. The molecule has 2 aromatic carbocycles. The second-order valence-electron chi connectivity index (χ2n) is 6.79. The molecule has 28 heavy (non-hydrogen) atoms. The lowest BCUT2D eigenvalue weighted by molar-refractivity contribution is -0.140. The smallest absolute Gasteiger partial charge is 0.339 e. The van der Waals surface area contributed by atoms with Gasteiger partial charge in [0.05, 0.1) is 12.7 Å². The van der Waals surface area contributed by atoms with Crippen molar-refractivity contribution in [2.45, 2.75) is 25.4 Å². The van der Waals surface area contributed by atoms with E-state index in [0.717, 1.165) is 11.1 Å². The molecule has 1 aliphatic heterocycles. The maximum absolute atomic E-state index is 12.7. The zero-order valence-electron chi connectivity index (χ0n) is 16.0. The van der Waals surface area contributed by atoms with Crippen molar-refractivity contribution in [3.8, 4) is 0 Å². The van der Waals surface area contributed by atoms with Gasteiger partial charge in [-0.3, -0.25) is 9.59 Å². The van der Waals surface area contributed by atoms with Crippen LogP contribution in [-0.2, 0) is 20.7 Å². The summed E-state index contributed by atoms with van der Waals surface area (Å²) in [6.45, 7) is 0.444. The average Bonchev–Trinajstić information content (AvgIpc) is 2.73. The number of rotatable bonds is 6. The summed E-state index contributed by atoms with van der Waals surface area (Å²) in [4.78, 5) is 37.8. The molecule has 0 aromatic heterocycles. The SMILES string of the molecule is COC(=O)CCCN(C)C(=O)c1ccc2c(c1)CC(c1ccccc1)OC2=O. The van der Waals surface area contributed by atoms with Gasteiger partial charge in [0.2, 0.25) is 0 Å². The number of amides is 1. The molecule has 0 saturated heterocycles. The minimum absolute atomic E-state index is 0.150. The first-order chi connectivity index (χ1) is 13.5. The molecule has 146 valence electrons. The van der Waals surface area contributed by atoms with Crippen LogP contribution in [0, 0.1) is 0 Å². The number of fused-ring (bicyclic) bond motifs is 1. The third-order valence-electron chi connectivity index (χ3n) is 4.85. The van der Waals surface area contributed by atoms with E-state index in [-0.39, 0.29) is 30.4 Å². The molecular formula is C22H23NO5. The Morgan fingerprint density at radius 3 is 2.64 bits per heavy atom. The molecule has 6 heteroatoms. The van der Waals surface area contributed by atoms with Crippen LogP contribution in [-0.4, -0.2) is 43.4 Å². The van der Waals surface area contributed by atoms with Crippen LogP contribution in [0.2, 0.25) is 0 Å². The molecule has 1 amide bonds. The summed E-state index contributed by atoms with van der Waals surface area (Å²) in [5.41, 5.74) is 2.75. The van der Waals surface area contributed by atoms with Crippen LogP contribution < -0.4 is 0 Å². The molecule has 1 heterocycles. The van der Waals surface area contributed by atoms with Gasteiger partial charge in [-0.15, -0.1) is 0 Å². The topological polar surface area (TPSA) is 72.9 Å². The van der Waals surface area contributed by atoms with Crippen molar-refractivity contribution in [2.24, 2.45) is 0 Å². The van der Waals surface area contributed by atoms with Crippen molar-refractivity contribution < 1.29 is 23.9 Å². The van der Waals surface area contributed by atoms with Crippen molar-refractivity contribution in [2.75, 3.05) is 20.7 Å². The Bertz CT molecular complexity index is 878. The van der Waals surface area contributed by atoms with Gasteiger partial charge >= 0.3 is 11.9 Å². The van der Waals surface area contributed by atoms with E-state index < -0.39 is 0 Å². The van der Waals surface area contributed by atoms with Crippen LogP contribution in [0.5, 0.6) is 0 Å². The minimum atomic E-state index is -0.375. The first-order valence-corrected chi connectivity index (χ1v) is 9.20. The van der Waals surface area contributed by atoms with E-state index in [4.69, 9.17) is 4.74 Å². The summed E-state index contributed by atoms with van der Waals surface area (Å²) < 4.78 is 10.2. The zero-order chi connectivity index (χ0) is 20.1. The van der Waals surface area contributed by atoms with E-state index in [0.29, 0.717) is 30.5 Å². The van der Waals surface area contributed by atoms with Crippen LogP contribution in [0.4, 0.5) is 0 Å². The highest BCUT2D eigenvalue weighted by molar-refractivity contribution is 5.97. The Balaban J connectivity index is 1.72. The molecule has 2 aromatic rings. The lowest BCUT2D eigenvalue weighted by Gasteiger charge is -2.26. The largest absolute Gasteiger partial charge is 0.469 e. The standard InChI is InChI=1S/C22H23NO5/c1-23(12-6-9-20(24)27-2)21(25)16-10-11-18-17(13-16)14-19(28-22(18)26)15-7-4-3-5-8-15/h3-5,7-8,10-11,13,19H,6,9,12,14H2,1-2H3. The van der Waals surface area contributed by atoms with Gasteiger partial charge in [-0.1, -0.05) is 30.3 Å². The van der Waals surface area contributed by atoms with Crippen molar-refractivity contribution >= 4 is 17.8 Å². The second kappa shape index (κ2) is 8.69. The average molecular weight is 381 g/mol. The van der Waals surface area contributed by atoms with E-state index in [9.17, 15) is 14.4 Å². The van der Waals surface area contributed by atoms with E-state index in [1.807, 2.05) is 30.3 Å². The van der Waals surface area contributed by atoms with Gasteiger partial charge in [-0.25, -0.2) is 4.79 Å². The van der Waals surface area contributed by atoms with Crippen LogP contribution >= 0.6 is 0 Å². The normalized spacial score (nSPS) is 15.4. The Morgan fingerprint density at radius 1 is 1.18 bits per heavy atom. The van der Waals surface area contributed by atoms with Gasteiger partial charge in [0.1, 0.15) is 6.10 Å². The Morgan fingerprint density at radius 2 is 1.93 bits per heavy atom. The van der Waals surface area contributed by atoms with Gasteiger partial charge in [0.15, 0.2) is 0 Å². The van der Waals surface area contributed by atoms with Crippen molar-refractivity contribution in [3.05, 3.63) is 70.8 Å². The van der Waals surface area contributed by atoms with E-state index in [2.05, 4.69) is 4.74 Å². The van der Waals surface area contributed by atoms with Gasteiger partial charge in [-0.2, -0.15) is 0 Å². The fourth-order valence-corrected chi connectivity index (χ4v) is 3.27. The highest BCUT2D eigenvalue weighted by Gasteiger charge is 2.28. The summed E-state index contributed by atoms with van der Waals surface area (Å²) in [6.07, 6.45) is 0.966. The summed E-state index contributed by atoms with van der Waals surface area (Å²) in [7, 11) is 3.04. The third-order valence-corrected chi connectivity index (χ3v) is 4.85. The number of cyclic esters (lactones) is 1. The van der Waals surface area contributed by atoms with Gasteiger partial charge < -0.3 is 14.4 Å². The number of esters is 2. The zero-order valence-corrected chi connectivity index (χ0v) is 16.0. The summed E-state index contributed by atoms with van der Waals surface area (Å²) in [5, 5.41) is 0. The van der Waals surface area contributed by atoms with Crippen molar-refractivity contribution in [1.82, 2.24) is 4.90 Å². The maximum atomic E-state index is 12.7. The third kappa shape index (κ3) is 4.39. The van der Waals surface area contributed by atoms with Gasteiger partial charge in [-0.05, 0) is 35.7 Å². The molecule has 0 fully saturated rings. The molecule has 0 saturated carbocycles. The van der Waals surface area contributed by atoms with Crippen LogP contribution in [0.3, 0.4) is 0 Å². The number of hydrogen-bond acceptors (Lipinski definition) is 5. The lowest BCUT2D eigenvalue weighted by Crippen LogP contribution is -2.29. The molecule has 3 rings (SSSR count). The maximum Gasteiger partial charge on any atom is 0.339 e. The number of carbonyl (C=O) groups is 3. The molecule has 0 aliphatic carbocycles.